The summed E-state index contributed by atoms with van der Waals surface area (Å²) in [6, 6.07) is 9.41. The van der Waals surface area contributed by atoms with Gasteiger partial charge in [0.25, 0.3) is 5.91 Å². The third kappa shape index (κ3) is 6.66. The Bertz CT molecular complexity index is 984. The number of hydrogen-bond donors (Lipinski definition) is 1. The Labute approximate surface area is 208 Å². The molecule has 0 spiro atoms. The van der Waals surface area contributed by atoms with Crippen LogP contribution < -0.4 is 19.5 Å². The monoisotopic (exact) mass is 483 g/mol. The fourth-order valence-electron chi connectivity index (χ4n) is 4.20. The Morgan fingerprint density at radius 2 is 1.40 bits per heavy atom. The van der Waals surface area contributed by atoms with Crippen LogP contribution in [0.1, 0.15) is 42.3 Å². The van der Waals surface area contributed by atoms with Crippen molar-refractivity contribution >= 4 is 17.5 Å². The number of para-hydroxylation sites is 1. The van der Waals surface area contributed by atoms with Crippen LogP contribution in [0.3, 0.4) is 0 Å². The highest BCUT2D eigenvalue weighted by Gasteiger charge is 2.26. The maximum atomic E-state index is 13.3. The zero-order valence-corrected chi connectivity index (χ0v) is 21.5. The first-order valence-electron chi connectivity index (χ1n) is 12.3. The molecule has 190 valence electrons. The highest BCUT2D eigenvalue weighted by Crippen LogP contribution is 2.39. The Morgan fingerprint density at radius 1 is 0.857 bits per heavy atom. The minimum absolute atomic E-state index is 0.0450. The molecule has 3 rings (SSSR count). The molecule has 1 heterocycles. The second-order valence-corrected chi connectivity index (χ2v) is 8.48. The summed E-state index contributed by atoms with van der Waals surface area (Å²) in [5.74, 6) is 1.40. The van der Waals surface area contributed by atoms with E-state index in [0.29, 0.717) is 75.4 Å². The molecule has 1 aliphatic heterocycles. The molecule has 1 aliphatic rings. The number of rotatable bonds is 10. The topological polar surface area (TPSA) is 80.3 Å². The second-order valence-electron chi connectivity index (χ2n) is 8.48. The van der Waals surface area contributed by atoms with Gasteiger partial charge in [0.1, 0.15) is 0 Å². The number of carbonyl (C=O) groups excluding carboxylic acids is 2. The van der Waals surface area contributed by atoms with Crippen molar-refractivity contribution in [3.63, 3.8) is 0 Å². The van der Waals surface area contributed by atoms with Crippen molar-refractivity contribution in [1.82, 2.24) is 9.80 Å². The van der Waals surface area contributed by atoms with Crippen molar-refractivity contribution < 1.29 is 23.8 Å². The number of piperazine rings is 1. The quantitative estimate of drug-likeness (QED) is 0.552. The van der Waals surface area contributed by atoms with Crippen LogP contribution in [-0.2, 0) is 4.79 Å². The van der Waals surface area contributed by atoms with E-state index in [1.807, 2.05) is 52.8 Å². The predicted octanol–water partition coefficient (Wildman–Crippen LogP) is 3.90. The molecular formula is C27H37N3O5. The Kier molecular flexibility index (Phi) is 9.37. The van der Waals surface area contributed by atoms with Crippen molar-refractivity contribution in [2.45, 2.75) is 34.6 Å². The number of nitrogens with zero attached hydrogens (tertiary/aromatic N) is 2. The first-order valence-corrected chi connectivity index (χ1v) is 12.3. The lowest BCUT2D eigenvalue weighted by Gasteiger charge is -2.34. The average molecular weight is 484 g/mol. The number of carbonyl (C=O) groups is 2. The molecule has 1 fully saturated rings. The largest absolute Gasteiger partial charge is 0.490 e. The van der Waals surface area contributed by atoms with Crippen molar-refractivity contribution in [2.75, 3.05) is 57.9 Å². The highest BCUT2D eigenvalue weighted by molar-refractivity contribution is 5.96. The summed E-state index contributed by atoms with van der Waals surface area (Å²) in [6.45, 7) is 13.6. The van der Waals surface area contributed by atoms with Crippen LogP contribution >= 0.6 is 0 Å². The molecule has 0 aliphatic carbocycles. The molecule has 0 saturated carbocycles. The van der Waals surface area contributed by atoms with Gasteiger partial charge in [-0.1, -0.05) is 18.2 Å². The number of amides is 2. The molecule has 0 unspecified atom stereocenters. The van der Waals surface area contributed by atoms with Gasteiger partial charge < -0.3 is 24.4 Å². The number of hydrogen-bond acceptors (Lipinski definition) is 6. The van der Waals surface area contributed by atoms with Crippen molar-refractivity contribution in [2.24, 2.45) is 0 Å². The molecule has 2 aromatic carbocycles. The minimum atomic E-state index is -0.0883. The van der Waals surface area contributed by atoms with Crippen LogP contribution in [-0.4, -0.2) is 74.2 Å². The van der Waals surface area contributed by atoms with E-state index in [0.717, 1.165) is 16.8 Å². The van der Waals surface area contributed by atoms with Crippen molar-refractivity contribution in [3.8, 4) is 17.2 Å². The van der Waals surface area contributed by atoms with Crippen LogP contribution in [0, 0.1) is 13.8 Å². The van der Waals surface area contributed by atoms with E-state index in [1.165, 1.54) is 0 Å². The number of ether oxygens (including phenoxy) is 3. The Morgan fingerprint density at radius 3 is 1.91 bits per heavy atom. The standard InChI is InChI=1S/C27H37N3O5/c1-6-33-22-16-21(17-23(34-7-2)26(22)35-8-3)27(32)30-14-12-29(13-15-30)18-24(31)28-25-19(4)10-9-11-20(25)5/h9-11,16-17H,6-8,12-15,18H2,1-5H3,(H,28,31). The van der Waals surface area contributed by atoms with Gasteiger partial charge in [-0.3, -0.25) is 14.5 Å². The van der Waals surface area contributed by atoms with E-state index in [-0.39, 0.29) is 11.8 Å². The lowest BCUT2D eigenvalue weighted by molar-refractivity contribution is -0.117. The fourth-order valence-corrected chi connectivity index (χ4v) is 4.20. The van der Waals surface area contributed by atoms with E-state index in [1.54, 1.807) is 17.0 Å². The third-order valence-corrected chi connectivity index (χ3v) is 5.93. The minimum Gasteiger partial charge on any atom is -0.490 e. The molecular weight excluding hydrogens is 446 g/mol. The molecule has 8 nitrogen and oxygen atoms in total. The summed E-state index contributed by atoms with van der Waals surface area (Å²) in [6.07, 6.45) is 0. The smallest absolute Gasteiger partial charge is 0.254 e. The first kappa shape index (κ1) is 26.3. The fraction of sp³-hybridized carbons (Fsp3) is 0.481. The molecule has 8 heteroatoms. The van der Waals surface area contributed by atoms with Gasteiger partial charge in [-0.15, -0.1) is 0 Å². The summed E-state index contributed by atoms with van der Waals surface area (Å²) in [5.41, 5.74) is 3.46. The van der Waals surface area contributed by atoms with Gasteiger partial charge in [-0.05, 0) is 57.9 Å². The molecule has 0 bridgehead atoms. The van der Waals surface area contributed by atoms with E-state index >= 15 is 0 Å². The molecule has 0 aromatic heterocycles. The van der Waals surface area contributed by atoms with Crippen LogP contribution in [0.15, 0.2) is 30.3 Å². The van der Waals surface area contributed by atoms with Crippen LogP contribution in [0.4, 0.5) is 5.69 Å². The van der Waals surface area contributed by atoms with Crippen LogP contribution in [0.5, 0.6) is 17.2 Å². The van der Waals surface area contributed by atoms with Gasteiger partial charge in [0.05, 0.1) is 26.4 Å². The van der Waals surface area contributed by atoms with E-state index < -0.39 is 0 Å². The van der Waals surface area contributed by atoms with E-state index in [9.17, 15) is 9.59 Å². The van der Waals surface area contributed by atoms with Gasteiger partial charge in [-0.25, -0.2) is 0 Å². The zero-order valence-electron chi connectivity index (χ0n) is 21.5. The van der Waals surface area contributed by atoms with E-state index in [2.05, 4.69) is 10.2 Å². The van der Waals surface area contributed by atoms with E-state index in [4.69, 9.17) is 14.2 Å². The third-order valence-electron chi connectivity index (χ3n) is 5.93. The first-order chi connectivity index (χ1) is 16.9. The number of nitrogens with one attached hydrogen (secondary N) is 1. The number of anilines is 1. The lowest BCUT2D eigenvalue weighted by atomic mass is 10.1. The summed E-state index contributed by atoms with van der Waals surface area (Å²) in [5, 5.41) is 3.04. The molecule has 0 atom stereocenters. The van der Waals surface area contributed by atoms with Crippen LogP contribution in [0.25, 0.3) is 0 Å². The second kappa shape index (κ2) is 12.4. The van der Waals surface area contributed by atoms with Gasteiger partial charge in [0.2, 0.25) is 11.7 Å². The van der Waals surface area contributed by atoms with Crippen molar-refractivity contribution in [1.29, 1.82) is 0 Å². The van der Waals surface area contributed by atoms with Crippen molar-refractivity contribution in [3.05, 3.63) is 47.0 Å². The summed E-state index contributed by atoms with van der Waals surface area (Å²) in [4.78, 5) is 29.8. The maximum Gasteiger partial charge on any atom is 0.254 e. The maximum absolute atomic E-state index is 13.3. The SMILES string of the molecule is CCOc1cc(C(=O)N2CCN(CC(=O)Nc3c(C)cccc3C)CC2)cc(OCC)c1OCC. The molecule has 0 radical (unpaired) electrons. The lowest BCUT2D eigenvalue weighted by Crippen LogP contribution is -2.50. The van der Waals surface area contributed by atoms with Gasteiger partial charge >= 0.3 is 0 Å². The normalized spacial score (nSPS) is 13.9. The molecule has 1 saturated heterocycles. The Hall–Kier alpha value is -3.26. The summed E-state index contributed by atoms with van der Waals surface area (Å²) in [7, 11) is 0. The molecule has 2 amide bonds. The summed E-state index contributed by atoms with van der Waals surface area (Å²) >= 11 is 0. The van der Waals surface area contributed by atoms with Gasteiger partial charge in [0, 0.05) is 37.4 Å². The average Bonchev–Trinajstić information content (AvgIpc) is 2.84. The number of benzene rings is 2. The molecule has 2 aromatic rings. The van der Waals surface area contributed by atoms with Gasteiger partial charge in [0.15, 0.2) is 11.5 Å². The zero-order chi connectivity index (χ0) is 25.4. The van der Waals surface area contributed by atoms with Gasteiger partial charge in [-0.2, -0.15) is 0 Å². The molecule has 1 N–H and O–H groups in total. The Balaban J connectivity index is 1.64. The predicted molar refractivity (Wildman–Crippen MR) is 137 cm³/mol. The number of aryl methyl sites for hydroxylation is 2. The van der Waals surface area contributed by atoms with Crippen LogP contribution in [0.2, 0.25) is 0 Å². The summed E-state index contributed by atoms with van der Waals surface area (Å²) < 4.78 is 17.2. The molecule has 35 heavy (non-hydrogen) atoms. The highest BCUT2D eigenvalue weighted by atomic mass is 16.5.